The molecule has 0 bridgehead atoms. The van der Waals surface area contributed by atoms with Crippen molar-refractivity contribution in [1.29, 1.82) is 0 Å². The summed E-state index contributed by atoms with van der Waals surface area (Å²) in [6.45, 7) is 12.1. The number of hydrogen-bond donors (Lipinski definition) is 0. The van der Waals surface area contributed by atoms with E-state index in [1.807, 2.05) is 0 Å². The van der Waals surface area contributed by atoms with Crippen LogP contribution < -0.4 is 0 Å². The van der Waals surface area contributed by atoms with Gasteiger partial charge in [0, 0.05) is 0 Å². The standard InChI is InChI=1S/C14H28/c1-6-9-13(5,8-3)14(10-7-2)11-12(14)4/h12H,6-11H2,1-5H3. The van der Waals surface area contributed by atoms with Crippen molar-refractivity contribution >= 4 is 0 Å². The Morgan fingerprint density at radius 3 is 2.07 bits per heavy atom. The summed E-state index contributed by atoms with van der Waals surface area (Å²) in [5, 5.41) is 0. The minimum atomic E-state index is 0.622. The van der Waals surface area contributed by atoms with Crippen LogP contribution in [0.2, 0.25) is 0 Å². The van der Waals surface area contributed by atoms with Crippen molar-refractivity contribution in [2.24, 2.45) is 16.7 Å². The van der Waals surface area contributed by atoms with E-state index in [9.17, 15) is 0 Å². The van der Waals surface area contributed by atoms with Crippen LogP contribution in [0.3, 0.4) is 0 Å². The first kappa shape index (κ1) is 12.1. The molecule has 0 saturated heterocycles. The van der Waals surface area contributed by atoms with Gasteiger partial charge in [-0.15, -0.1) is 0 Å². The normalized spacial score (nSPS) is 35.4. The lowest BCUT2D eigenvalue weighted by Gasteiger charge is -2.39. The zero-order valence-corrected chi connectivity index (χ0v) is 10.8. The van der Waals surface area contributed by atoms with Crippen molar-refractivity contribution in [1.82, 2.24) is 0 Å². The van der Waals surface area contributed by atoms with Gasteiger partial charge in [0.05, 0.1) is 0 Å². The van der Waals surface area contributed by atoms with Gasteiger partial charge in [-0.2, -0.15) is 0 Å². The molecule has 1 saturated carbocycles. The molecule has 0 amide bonds. The van der Waals surface area contributed by atoms with Gasteiger partial charge in [0.15, 0.2) is 0 Å². The SMILES string of the molecule is CCCC(C)(CC)C1(CCC)CC1C. The van der Waals surface area contributed by atoms with E-state index in [2.05, 4.69) is 34.6 Å². The molecule has 0 aromatic carbocycles. The molecule has 0 aromatic rings. The third-order valence-electron chi connectivity index (χ3n) is 4.93. The molecule has 84 valence electrons. The number of hydrogen-bond acceptors (Lipinski definition) is 0. The highest BCUT2D eigenvalue weighted by Crippen LogP contribution is 2.68. The Labute approximate surface area is 90.5 Å². The van der Waals surface area contributed by atoms with Gasteiger partial charge in [0.1, 0.15) is 0 Å². The molecule has 0 N–H and O–H groups in total. The maximum absolute atomic E-state index is 2.54. The molecule has 0 spiro atoms. The molecule has 0 heteroatoms. The molecule has 1 aliphatic rings. The lowest BCUT2D eigenvalue weighted by atomic mass is 9.66. The molecule has 1 aliphatic carbocycles. The van der Waals surface area contributed by atoms with E-state index in [0.29, 0.717) is 10.8 Å². The Kier molecular flexibility index (Phi) is 3.66. The van der Waals surface area contributed by atoms with E-state index >= 15 is 0 Å². The van der Waals surface area contributed by atoms with E-state index in [0.717, 1.165) is 5.92 Å². The molecule has 1 fully saturated rings. The molecule has 3 atom stereocenters. The fraction of sp³-hybridized carbons (Fsp3) is 1.00. The van der Waals surface area contributed by atoms with Crippen molar-refractivity contribution in [3.05, 3.63) is 0 Å². The predicted molar refractivity (Wildman–Crippen MR) is 64.4 cm³/mol. The Morgan fingerprint density at radius 1 is 1.21 bits per heavy atom. The van der Waals surface area contributed by atoms with Crippen LogP contribution in [0.5, 0.6) is 0 Å². The molecular formula is C14H28. The maximum atomic E-state index is 2.54. The lowest BCUT2D eigenvalue weighted by molar-refractivity contribution is 0.110. The average Bonchev–Trinajstić information content (AvgIpc) is 2.79. The Morgan fingerprint density at radius 2 is 1.79 bits per heavy atom. The molecule has 0 aromatic heterocycles. The summed E-state index contributed by atoms with van der Waals surface area (Å²) in [5.41, 5.74) is 1.34. The Bertz CT molecular complexity index is 174. The summed E-state index contributed by atoms with van der Waals surface area (Å²) in [5.74, 6) is 0.985. The lowest BCUT2D eigenvalue weighted by Crippen LogP contribution is -2.29. The summed E-state index contributed by atoms with van der Waals surface area (Å²) < 4.78 is 0. The molecule has 0 heterocycles. The van der Waals surface area contributed by atoms with Gasteiger partial charge in [-0.05, 0) is 36.0 Å². The summed E-state index contributed by atoms with van der Waals surface area (Å²) in [6.07, 6.45) is 8.45. The summed E-state index contributed by atoms with van der Waals surface area (Å²) in [4.78, 5) is 0. The van der Waals surface area contributed by atoms with Crippen molar-refractivity contribution in [2.45, 2.75) is 73.1 Å². The first-order valence-electron chi connectivity index (χ1n) is 6.56. The van der Waals surface area contributed by atoms with Gasteiger partial charge in [-0.1, -0.05) is 53.9 Å². The third kappa shape index (κ3) is 1.73. The zero-order valence-electron chi connectivity index (χ0n) is 10.8. The quantitative estimate of drug-likeness (QED) is 0.559. The molecule has 14 heavy (non-hydrogen) atoms. The van der Waals surface area contributed by atoms with Crippen LogP contribution in [0.4, 0.5) is 0 Å². The summed E-state index contributed by atoms with van der Waals surface area (Å²) in [6, 6.07) is 0. The van der Waals surface area contributed by atoms with Crippen LogP contribution in [-0.2, 0) is 0 Å². The maximum Gasteiger partial charge on any atom is -0.0215 e. The molecule has 0 radical (unpaired) electrons. The molecular weight excluding hydrogens is 168 g/mol. The predicted octanol–water partition coefficient (Wildman–Crippen LogP) is 5.03. The fourth-order valence-electron chi connectivity index (χ4n) is 3.75. The summed E-state index contributed by atoms with van der Waals surface area (Å²) in [7, 11) is 0. The minimum Gasteiger partial charge on any atom is -0.0654 e. The Hall–Kier alpha value is 0. The van der Waals surface area contributed by atoms with Gasteiger partial charge in [0.25, 0.3) is 0 Å². The van der Waals surface area contributed by atoms with Crippen LogP contribution >= 0.6 is 0 Å². The smallest absolute Gasteiger partial charge is 0.0215 e. The van der Waals surface area contributed by atoms with Crippen LogP contribution in [-0.4, -0.2) is 0 Å². The number of rotatable bonds is 6. The Balaban J connectivity index is 2.75. The van der Waals surface area contributed by atoms with Crippen molar-refractivity contribution in [3.63, 3.8) is 0 Å². The van der Waals surface area contributed by atoms with Crippen molar-refractivity contribution in [2.75, 3.05) is 0 Å². The van der Waals surface area contributed by atoms with Gasteiger partial charge >= 0.3 is 0 Å². The molecule has 0 aliphatic heterocycles. The summed E-state index contributed by atoms with van der Waals surface area (Å²) >= 11 is 0. The second-order valence-corrected chi connectivity index (χ2v) is 5.68. The van der Waals surface area contributed by atoms with E-state index in [-0.39, 0.29) is 0 Å². The third-order valence-corrected chi connectivity index (χ3v) is 4.93. The highest BCUT2D eigenvalue weighted by atomic mass is 14.6. The topological polar surface area (TPSA) is 0 Å². The monoisotopic (exact) mass is 196 g/mol. The van der Waals surface area contributed by atoms with E-state index in [1.54, 1.807) is 0 Å². The first-order chi connectivity index (χ1) is 6.56. The van der Waals surface area contributed by atoms with Crippen molar-refractivity contribution < 1.29 is 0 Å². The largest absolute Gasteiger partial charge is 0.0654 e. The van der Waals surface area contributed by atoms with Gasteiger partial charge in [-0.3, -0.25) is 0 Å². The molecule has 1 rings (SSSR count). The van der Waals surface area contributed by atoms with Gasteiger partial charge < -0.3 is 0 Å². The van der Waals surface area contributed by atoms with Crippen LogP contribution in [0, 0.1) is 16.7 Å². The second kappa shape index (κ2) is 4.24. The average molecular weight is 196 g/mol. The van der Waals surface area contributed by atoms with Gasteiger partial charge in [-0.25, -0.2) is 0 Å². The fourth-order valence-corrected chi connectivity index (χ4v) is 3.75. The first-order valence-corrected chi connectivity index (χ1v) is 6.56. The van der Waals surface area contributed by atoms with Crippen molar-refractivity contribution in [3.8, 4) is 0 Å². The van der Waals surface area contributed by atoms with E-state index in [1.165, 1.54) is 38.5 Å². The highest BCUT2D eigenvalue weighted by Gasteiger charge is 2.59. The zero-order chi connectivity index (χ0) is 10.8. The minimum absolute atomic E-state index is 0.622. The van der Waals surface area contributed by atoms with E-state index < -0.39 is 0 Å². The van der Waals surface area contributed by atoms with Crippen LogP contribution in [0.1, 0.15) is 73.1 Å². The highest BCUT2D eigenvalue weighted by molar-refractivity contribution is 5.08. The van der Waals surface area contributed by atoms with Gasteiger partial charge in [0.2, 0.25) is 0 Å². The van der Waals surface area contributed by atoms with Crippen LogP contribution in [0.15, 0.2) is 0 Å². The van der Waals surface area contributed by atoms with E-state index in [4.69, 9.17) is 0 Å². The molecule has 3 unspecified atom stereocenters. The molecule has 0 nitrogen and oxygen atoms in total. The van der Waals surface area contributed by atoms with Crippen LogP contribution in [0.25, 0.3) is 0 Å². The second-order valence-electron chi connectivity index (χ2n) is 5.68.